The Bertz CT molecular complexity index is 718. The summed E-state index contributed by atoms with van der Waals surface area (Å²) in [4.78, 5) is 22.2. The van der Waals surface area contributed by atoms with E-state index < -0.39 is 5.41 Å². The van der Waals surface area contributed by atoms with Crippen molar-refractivity contribution in [2.24, 2.45) is 0 Å². The molecule has 2 aliphatic rings. The number of aromatic nitrogens is 2. The number of carbonyl (C=O) groups excluding carboxylic acids is 1. The Balaban J connectivity index is 1.39. The van der Waals surface area contributed by atoms with Gasteiger partial charge in [-0.3, -0.25) is 9.69 Å². The maximum Gasteiger partial charge on any atom is 0.233 e. The SMILES string of the molecule is O=C(N1CCN(CCn2ccnc2)CC1)C1(c2ccccc2)CCOCC1. The van der Waals surface area contributed by atoms with Crippen LogP contribution in [0.15, 0.2) is 49.1 Å². The molecular formula is C21H28N4O2. The molecule has 0 atom stereocenters. The summed E-state index contributed by atoms with van der Waals surface area (Å²) in [6.45, 7) is 6.73. The number of hydrogen-bond donors (Lipinski definition) is 0. The van der Waals surface area contributed by atoms with Crippen LogP contribution in [0, 0.1) is 0 Å². The lowest BCUT2D eigenvalue weighted by atomic mass is 9.73. The standard InChI is InChI=1S/C21H28N4O2/c26-20(21(6-16-27-17-7-21)19-4-2-1-3-5-19)25-14-12-23(13-15-25)10-11-24-9-8-22-18-24/h1-5,8-9,18H,6-7,10-17H2. The first-order valence-electron chi connectivity index (χ1n) is 9.89. The van der Waals surface area contributed by atoms with Gasteiger partial charge in [0, 0.05) is 64.9 Å². The van der Waals surface area contributed by atoms with Gasteiger partial charge in [-0.05, 0) is 18.4 Å². The van der Waals surface area contributed by atoms with Gasteiger partial charge in [-0.1, -0.05) is 30.3 Å². The summed E-state index contributed by atoms with van der Waals surface area (Å²) in [5.41, 5.74) is 0.721. The van der Waals surface area contributed by atoms with Gasteiger partial charge in [0.25, 0.3) is 0 Å². The maximum absolute atomic E-state index is 13.6. The van der Waals surface area contributed by atoms with Crippen molar-refractivity contribution in [2.45, 2.75) is 24.8 Å². The van der Waals surface area contributed by atoms with E-state index in [4.69, 9.17) is 4.74 Å². The van der Waals surface area contributed by atoms with Crippen molar-refractivity contribution in [3.8, 4) is 0 Å². The highest BCUT2D eigenvalue weighted by Crippen LogP contribution is 2.37. The lowest BCUT2D eigenvalue weighted by molar-refractivity contribution is -0.143. The molecule has 2 aliphatic heterocycles. The van der Waals surface area contributed by atoms with E-state index >= 15 is 0 Å². The van der Waals surface area contributed by atoms with Crippen molar-refractivity contribution in [2.75, 3.05) is 45.9 Å². The molecule has 0 aliphatic carbocycles. The third-order valence-corrected chi connectivity index (χ3v) is 5.98. The van der Waals surface area contributed by atoms with Gasteiger partial charge in [-0.25, -0.2) is 4.98 Å². The molecule has 6 heteroatoms. The molecule has 0 radical (unpaired) electrons. The molecule has 2 saturated heterocycles. The topological polar surface area (TPSA) is 50.6 Å². The molecule has 1 aromatic heterocycles. The Kier molecular flexibility index (Phi) is 5.55. The molecule has 3 heterocycles. The molecule has 27 heavy (non-hydrogen) atoms. The highest BCUT2D eigenvalue weighted by atomic mass is 16.5. The lowest BCUT2D eigenvalue weighted by Gasteiger charge is -2.43. The van der Waals surface area contributed by atoms with Crippen molar-refractivity contribution >= 4 is 5.91 Å². The Hall–Kier alpha value is -2.18. The van der Waals surface area contributed by atoms with E-state index in [2.05, 4.69) is 31.5 Å². The Morgan fingerprint density at radius 2 is 1.78 bits per heavy atom. The minimum atomic E-state index is -0.418. The number of imidazole rings is 1. The highest BCUT2D eigenvalue weighted by molar-refractivity contribution is 5.88. The normalized spacial score (nSPS) is 20.5. The van der Waals surface area contributed by atoms with Gasteiger partial charge >= 0.3 is 0 Å². The van der Waals surface area contributed by atoms with Crippen LogP contribution in [-0.2, 0) is 21.5 Å². The van der Waals surface area contributed by atoms with Crippen LogP contribution in [0.4, 0.5) is 0 Å². The predicted molar refractivity (Wildman–Crippen MR) is 103 cm³/mol. The number of hydrogen-bond acceptors (Lipinski definition) is 4. The monoisotopic (exact) mass is 368 g/mol. The third-order valence-electron chi connectivity index (χ3n) is 5.98. The van der Waals surface area contributed by atoms with Gasteiger partial charge in [0.05, 0.1) is 11.7 Å². The van der Waals surface area contributed by atoms with Crippen LogP contribution in [0.5, 0.6) is 0 Å². The van der Waals surface area contributed by atoms with Crippen molar-refractivity contribution in [1.82, 2.24) is 19.4 Å². The van der Waals surface area contributed by atoms with Crippen LogP contribution in [-0.4, -0.2) is 71.2 Å². The van der Waals surface area contributed by atoms with E-state index in [-0.39, 0.29) is 5.91 Å². The average Bonchev–Trinajstić information content (AvgIpc) is 3.27. The summed E-state index contributed by atoms with van der Waals surface area (Å²) in [5.74, 6) is 0.284. The average molecular weight is 368 g/mol. The zero-order valence-corrected chi connectivity index (χ0v) is 15.8. The van der Waals surface area contributed by atoms with Gasteiger partial charge < -0.3 is 14.2 Å². The van der Waals surface area contributed by atoms with E-state index in [0.29, 0.717) is 13.2 Å². The number of nitrogens with zero attached hydrogens (tertiary/aromatic N) is 4. The van der Waals surface area contributed by atoms with Gasteiger partial charge in [-0.15, -0.1) is 0 Å². The fourth-order valence-electron chi connectivity index (χ4n) is 4.26. The van der Waals surface area contributed by atoms with E-state index in [9.17, 15) is 4.79 Å². The minimum Gasteiger partial charge on any atom is -0.381 e. The van der Waals surface area contributed by atoms with Crippen LogP contribution >= 0.6 is 0 Å². The molecule has 0 N–H and O–H groups in total. The number of rotatable bonds is 5. The molecule has 0 bridgehead atoms. The Labute approximate surface area is 160 Å². The van der Waals surface area contributed by atoms with E-state index in [1.54, 1.807) is 0 Å². The number of carbonyl (C=O) groups is 1. The molecule has 4 rings (SSSR count). The van der Waals surface area contributed by atoms with Crippen molar-refractivity contribution in [3.05, 3.63) is 54.6 Å². The molecule has 0 spiro atoms. The van der Waals surface area contributed by atoms with E-state index in [1.807, 2.05) is 36.9 Å². The fraction of sp³-hybridized carbons (Fsp3) is 0.524. The van der Waals surface area contributed by atoms with Crippen LogP contribution in [0.3, 0.4) is 0 Å². The summed E-state index contributed by atoms with van der Waals surface area (Å²) in [6, 6.07) is 10.3. The smallest absolute Gasteiger partial charge is 0.233 e. The van der Waals surface area contributed by atoms with Gasteiger partial charge in [0.1, 0.15) is 0 Å². The van der Waals surface area contributed by atoms with Crippen LogP contribution in [0.1, 0.15) is 18.4 Å². The van der Waals surface area contributed by atoms with Gasteiger partial charge in [-0.2, -0.15) is 0 Å². The number of piperazine rings is 1. The van der Waals surface area contributed by atoms with Gasteiger partial charge in [0.2, 0.25) is 5.91 Å². The maximum atomic E-state index is 13.6. The zero-order chi connectivity index (χ0) is 18.5. The second-order valence-electron chi connectivity index (χ2n) is 7.49. The molecule has 6 nitrogen and oxygen atoms in total. The largest absolute Gasteiger partial charge is 0.381 e. The van der Waals surface area contributed by atoms with Crippen LogP contribution in [0.2, 0.25) is 0 Å². The summed E-state index contributed by atoms with van der Waals surface area (Å²) in [5, 5.41) is 0. The first kappa shape index (κ1) is 18.2. The van der Waals surface area contributed by atoms with Crippen molar-refractivity contribution in [1.29, 1.82) is 0 Å². The zero-order valence-electron chi connectivity index (χ0n) is 15.8. The molecule has 1 aromatic carbocycles. The first-order valence-corrected chi connectivity index (χ1v) is 9.89. The summed E-state index contributed by atoms with van der Waals surface area (Å²) in [6.07, 6.45) is 7.21. The minimum absolute atomic E-state index is 0.284. The van der Waals surface area contributed by atoms with E-state index in [1.165, 1.54) is 0 Å². The predicted octanol–water partition coefficient (Wildman–Crippen LogP) is 1.78. The number of amides is 1. The second-order valence-corrected chi connectivity index (χ2v) is 7.49. The Morgan fingerprint density at radius 3 is 2.44 bits per heavy atom. The van der Waals surface area contributed by atoms with Gasteiger partial charge in [0.15, 0.2) is 0 Å². The van der Waals surface area contributed by atoms with Crippen LogP contribution in [0.25, 0.3) is 0 Å². The molecule has 144 valence electrons. The second kappa shape index (κ2) is 8.23. The molecule has 0 saturated carbocycles. The first-order chi connectivity index (χ1) is 13.3. The summed E-state index contributed by atoms with van der Waals surface area (Å²) >= 11 is 0. The third kappa shape index (κ3) is 3.92. The van der Waals surface area contributed by atoms with E-state index in [0.717, 1.165) is 57.7 Å². The lowest BCUT2D eigenvalue weighted by Crippen LogP contribution is -2.56. The molecule has 1 amide bonds. The Morgan fingerprint density at radius 1 is 1.04 bits per heavy atom. The number of ether oxygens (including phenoxy) is 1. The number of benzene rings is 1. The quantitative estimate of drug-likeness (QED) is 0.807. The van der Waals surface area contributed by atoms with Crippen molar-refractivity contribution < 1.29 is 9.53 Å². The molecule has 2 aromatic rings. The van der Waals surface area contributed by atoms with Crippen LogP contribution < -0.4 is 0 Å². The summed E-state index contributed by atoms with van der Waals surface area (Å²) < 4.78 is 7.68. The van der Waals surface area contributed by atoms with Crippen molar-refractivity contribution in [3.63, 3.8) is 0 Å². The summed E-state index contributed by atoms with van der Waals surface area (Å²) in [7, 11) is 0. The fourth-order valence-corrected chi connectivity index (χ4v) is 4.26. The molecular weight excluding hydrogens is 340 g/mol. The molecule has 0 unspecified atom stereocenters. The molecule has 2 fully saturated rings. The highest BCUT2D eigenvalue weighted by Gasteiger charge is 2.44.